The summed E-state index contributed by atoms with van der Waals surface area (Å²) in [5, 5.41) is 6.72. The van der Waals surface area contributed by atoms with E-state index < -0.39 is 0 Å². The number of hydrogen-bond donors (Lipinski definition) is 1. The number of aromatic nitrogens is 3. The molecule has 0 fully saturated rings. The number of nitrogens with zero attached hydrogens (tertiary/aromatic N) is 3. The van der Waals surface area contributed by atoms with Crippen LogP contribution in [0.5, 0.6) is 0 Å². The van der Waals surface area contributed by atoms with Gasteiger partial charge in [0.2, 0.25) is 17.6 Å². The summed E-state index contributed by atoms with van der Waals surface area (Å²) in [7, 11) is 0. The molecule has 3 heterocycles. The largest absolute Gasteiger partial charge is 0.467 e. The Morgan fingerprint density at radius 3 is 2.89 bits per heavy atom. The molecule has 3 aromatic heterocycles. The van der Waals surface area contributed by atoms with E-state index in [1.165, 1.54) is 0 Å². The zero-order chi connectivity index (χ0) is 19.9. The molecule has 3 rings (SSSR count). The molecule has 0 saturated carbocycles. The number of carbonyl (C=O) groups excluding carboxylic acids is 1. The molecule has 0 bridgehead atoms. The third-order valence-electron chi connectivity index (χ3n) is 4.38. The van der Waals surface area contributed by atoms with E-state index in [9.17, 15) is 9.59 Å². The lowest BCUT2D eigenvalue weighted by Crippen LogP contribution is -2.23. The standard InChI is InChI=1S/C20H24N4O4/c1-3-11-24-14(2)9-10-16(20(24)26)19-22-18(28-23-19)8-4-7-17(25)21-13-15-6-5-12-27-15/h5-6,9-10,12H,3-4,7-8,11,13H2,1-2H3,(H,21,25). The second-order valence-electron chi connectivity index (χ2n) is 6.57. The van der Waals surface area contributed by atoms with Crippen molar-refractivity contribution in [1.82, 2.24) is 20.0 Å². The lowest BCUT2D eigenvalue weighted by molar-refractivity contribution is -0.121. The third kappa shape index (κ3) is 4.76. The van der Waals surface area contributed by atoms with Crippen LogP contribution in [0.1, 0.15) is 43.5 Å². The number of hydrogen-bond acceptors (Lipinski definition) is 6. The maximum absolute atomic E-state index is 12.6. The van der Waals surface area contributed by atoms with E-state index in [4.69, 9.17) is 8.94 Å². The molecule has 8 heteroatoms. The molecule has 0 aliphatic carbocycles. The van der Waals surface area contributed by atoms with Gasteiger partial charge in [0.1, 0.15) is 5.76 Å². The van der Waals surface area contributed by atoms with Crippen LogP contribution in [0.2, 0.25) is 0 Å². The Hall–Kier alpha value is -3.16. The fraction of sp³-hybridized carbons (Fsp3) is 0.400. The van der Waals surface area contributed by atoms with Crippen LogP contribution in [0.4, 0.5) is 0 Å². The summed E-state index contributed by atoms with van der Waals surface area (Å²) in [5.41, 5.74) is 1.21. The fourth-order valence-corrected chi connectivity index (χ4v) is 2.90. The minimum absolute atomic E-state index is 0.0721. The van der Waals surface area contributed by atoms with Crippen LogP contribution >= 0.6 is 0 Å². The quantitative estimate of drug-likeness (QED) is 0.608. The van der Waals surface area contributed by atoms with E-state index in [-0.39, 0.29) is 17.3 Å². The minimum atomic E-state index is -0.119. The Morgan fingerprint density at radius 1 is 1.29 bits per heavy atom. The van der Waals surface area contributed by atoms with Gasteiger partial charge in [-0.3, -0.25) is 9.59 Å². The summed E-state index contributed by atoms with van der Waals surface area (Å²) in [6, 6.07) is 7.19. The van der Waals surface area contributed by atoms with Crippen molar-refractivity contribution in [2.24, 2.45) is 0 Å². The van der Waals surface area contributed by atoms with Crippen molar-refractivity contribution in [2.75, 3.05) is 0 Å². The number of rotatable bonds is 9. The van der Waals surface area contributed by atoms with E-state index in [0.29, 0.717) is 49.6 Å². The lowest BCUT2D eigenvalue weighted by Gasteiger charge is -2.09. The van der Waals surface area contributed by atoms with Gasteiger partial charge in [0.15, 0.2) is 0 Å². The van der Waals surface area contributed by atoms with E-state index in [1.807, 2.05) is 19.9 Å². The molecule has 0 atom stereocenters. The van der Waals surface area contributed by atoms with Crippen LogP contribution in [-0.2, 0) is 24.3 Å². The van der Waals surface area contributed by atoms with Gasteiger partial charge in [0.25, 0.3) is 5.56 Å². The first kappa shape index (κ1) is 19.6. The molecule has 0 aromatic carbocycles. The molecule has 0 aliphatic heterocycles. The second kappa shape index (κ2) is 9.16. The molecule has 28 heavy (non-hydrogen) atoms. The van der Waals surface area contributed by atoms with Gasteiger partial charge >= 0.3 is 0 Å². The number of aryl methyl sites for hydroxylation is 2. The van der Waals surface area contributed by atoms with E-state index >= 15 is 0 Å². The van der Waals surface area contributed by atoms with Crippen molar-refractivity contribution in [3.05, 3.63) is 58.2 Å². The maximum atomic E-state index is 12.6. The highest BCUT2D eigenvalue weighted by atomic mass is 16.5. The first-order valence-electron chi connectivity index (χ1n) is 9.41. The Bertz CT molecular complexity index is 973. The molecular weight excluding hydrogens is 360 g/mol. The first-order chi connectivity index (χ1) is 13.6. The first-order valence-corrected chi connectivity index (χ1v) is 9.41. The maximum Gasteiger partial charge on any atom is 0.261 e. The predicted molar refractivity (Wildman–Crippen MR) is 103 cm³/mol. The molecular formula is C20H24N4O4. The molecule has 148 valence electrons. The highest BCUT2D eigenvalue weighted by molar-refractivity contribution is 5.75. The van der Waals surface area contributed by atoms with Crippen LogP contribution in [0.25, 0.3) is 11.4 Å². The lowest BCUT2D eigenvalue weighted by atomic mass is 10.2. The van der Waals surface area contributed by atoms with Gasteiger partial charge in [-0.25, -0.2) is 0 Å². The van der Waals surface area contributed by atoms with Gasteiger partial charge < -0.3 is 18.8 Å². The van der Waals surface area contributed by atoms with Gasteiger partial charge in [0.05, 0.1) is 18.4 Å². The average molecular weight is 384 g/mol. The van der Waals surface area contributed by atoms with Gasteiger partial charge in [-0.1, -0.05) is 12.1 Å². The summed E-state index contributed by atoms with van der Waals surface area (Å²) in [4.78, 5) is 28.8. The van der Waals surface area contributed by atoms with Crippen LogP contribution in [0.3, 0.4) is 0 Å². The number of nitrogens with one attached hydrogen (secondary N) is 1. The predicted octanol–water partition coefficient (Wildman–Crippen LogP) is 2.85. The minimum Gasteiger partial charge on any atom is -0.467 e. The summed E-state index contributed by atoms with van der Waals surface area (Å²) in [6.07, 6.45) is 3.81. The molecule has 0 saturated heterocycles. The van der Waals surface area contributed by atoms with Crippen molar-refractivity contribution >= 4 is 5.91 Å². The number of amides is 1. The zero-order valence-electron chi connectivity index (χ0n) is 16.1. The molecule has 1 N–H and O–H groups in total. The Balaban J connectivity index is 1.55. The van der Waals surface area contributed by atoms with Crippen molar-refractivity contribution in [2.45, 2.75) is 52.6 Å². The molecule has 0 unspecified atom stereocenters. The van der Waals surface area contributed by atoms with Gasteiger partial charge in [0, 0.05) is 25.1 Å². The summed E-state index contributed by atoms with van der Waals surface area (Å²) < 4.78 is 12.1. The highest BCUT2D eigenvalue weighted by Crippen LogP contribution is 2.14. The third-order valence-corrected chi connectivity index (χ3v) is 4.38. The van der Waals surface area contributed by atoms with Crippen molar-refractivity contribution in [3.63, 3.8) is 0 Å². The van der Waals surface area contributed by atoms with E-state index in [0.717, 1.165) is 12.1 Å². The Kier molecular flexibility index (Phi) is 6.41. The van der Waals surface area contributed by atoms with Gasteiger partial charge in [-0.05, 0) is 44.0 Å². The smallest absolute Gasteiger partial charge is 0.261 e. The van der Waals surface area contributed by atoms with Crippen LogP contribution in [0.15, 0.2) is 44.3 Å². The van der Waals surface area contributed by atoms with Crippen LogP contribution in [0, 0.1) is 6.92 Å². The molecule has 0 aliphatic rings. The van der Waals surface area contributed by atoms with Gasteiger partial charge in [-0.15, -0.1) is 0 Å². The van der Waals surface area contributed by atoms with E-state index in [1.54, 1.807) is 29.0 Å². The average Bonchev–Trinajstić information content (AvgIpc) is 3.35. The number of pyridine rings is 1. The fourth-order valence-electron chi connectivity index (χ4n) is 2.90. The normalized spacial score (nSPS) is 10.9. The Morgan fingerprint density at radius 2 is 2.14 bits per heavy atom. The Labute approximate surface area is 162 Å². The summed E-state index contributed by atoms with van der Waals surface area (Å²) in [6.45, 7) is 4.94. The molecule has 1 amide bonds. The molecule has 0 radical (unpaired) electrons. The van der Waals surface area contributed by atoms with Crippen LogP contribution < -0.4 is 10.9 Å². The van der Waals surface area contributed by atoms with Crippen molar-refractivity contribution in [3.8, 4) is 11.4 Å². The topological polar surface area (TPSA) is 103 Å². The monoisotopic (exact) mass is 384 g/mol. The number of carbonyl (C=O) groups is 1. The molecule has 3 aromatic rings. The van der Waals surface area contributed by atoms with Crippen molar-refractivity contribution < 1.29 is 13.7 Å². The number of furan rings is 1. The van der Waals surface area contributed by atoms with E-state index in [2.05, 4.69) is 15.5 Å². The summed E-state index contributed by atoms with van der Waals surface area (Å²) in [5.74, 6) is 1.34. The molecule has 8 nitrogen and oxygen atoms in total. The SMILES string of the molecule is CCCn1c(C)ccc(-c2noc(CCCC(=O)NCc3ccco3)n2)c1=O. The second-order valence-corrected chi connectivity index (χ2v) is 6.57. The summed E-state index contributed by atoms with van der Waals surface area (Å²) >= 11 is 0. The van der Waals surface area contributed by atoms with Crippen LogP contribution in [-0.4, -0.2) is 20.6 Å². The van der Waals surface area contributed by atoms with Gasteiger partial charge in [-0.2, -0.15) is 4.98 Å². The highest BCUT2D eigenvalue weighted by Gasteiger charge is 2.15. The van der Waals surface area contributed by atoms with Crippen molar-refractivity contribution in [1.29, 1.82) is 0 Å². The molecule has 0 spiro atoms. The zero-order valence-corrected chi connectivity index (χ0v) is 16.1.